The van der Waals surface area contributed by atoms with E-state index in [0.29, 0.717) is 35.8 Å². The van der Waals surface area contributed by atoms with Crippen LogP contribution in [-0.4, -0.2) is 32.8 Å². The third-order valence-electron chi connectivity index (χ3n) is 8.32. The first-order chi connectivity index (χ1) is 18.5. The summed E-state index contributed by atoms with van der Waals surface area (Å²) in [5.41, 5.74) is 12.0. The normalized spacial score (nSPS) is 20.9. The second-order valence-corrected chi connectivity index (χ2v) is 11.1. The Balaban J connectivity index is 1.65. The monoisotopic (exact) mass is 555 g/mol. The van der Waals surface area contributed by atoms with E-state index in [1.165, 1.54) is 10.1 Å². The van der Waals surface area contributed by atoms with Crippen LogP contribution in [0.3, 0.4) is 0 Å². The molecule has 2 aliphatic rings. The molecule has 3 atom stereocenters. The summed E-state index contributed by atoms with van der Waals surface area (Å²) in [6, 6.07) is 11.3. The lowest BCUT2D eigenvalue weighted by molar-refractivity contribution is -0.146. The van der Waals surface area contributed by atoms with E-state index in [0.717, 1.165) is 41.8 Å². The SMILES string of the molecule is C=C(N)C1CCN(C(=C)C[C@H]2CC(c3cccc(CC)c3C)c3cc(Cl)ccc3-n3c2nnc3C(F)(F)F)C1. The van der Waals surface area contributed by atoms with E-state index >= 15 is 0 Å². The van der Waals surface area contributed by atoms with E-state index in [2.05, 4.69) is 54.2 Å². The van der Waals surface area contributed by atoms with Crippen LogP contribution in [0.25, 0.3) is 5.69 Å². The topological polar surface area (TPSA) is 60.0 Å². The Morgan fingerprint density at radius 2 is 1.92 bits per heavy atom. The molecule has 0 amide bonds. The number of nitrogens with two attached hydrogens (primary N) is 1. The summed E-state index contributed by atoms with van der Waals surface area (Å²) in [5, 5.41) is 8.28. The van der Waals surface area contributed by atoms with Crippen LogP contribution < -0.4 is 5.73 Å². The van der Waals surface area contributed by atoms with Crippen molar-refractivity contribution in [1.82, 2.24) is 19.7 Å². The Labute approximate surface area is 232 Å². The van der Waals surface area contributed by atoms with Gasteiger partial charge in [0.05, 0.1) is 5.69 Å². The lowest BCUT2D eigenvalue weighted by Crippen LogP contribution is -2.23. The predicted octanol–water partition coefficient (Wildman–Crippen LogP) is 7.13. The fourth-order valence-corrected chi connectivity index (χ4v) is 6.38. The molecule has 39 heavy (non-hydrogen) atoms. The molecule has 0 bridgehead atoms. The van der Waals surface area contributed by atoms with E-state index in [9.17, 15) is 13.2 Å². The first-order valence-electron chi connectivity index (χ1n) is 13.3. The molecule has 2 N–H and O–H groups in total. The Hall–Kier alpha value is -3.26. The van der Waals surface area contributed by atoms with Crippen LogP contribution in [0.2, 0.25) is 5.02 Å². The van der Waals surface area contributed by atoms with Gasteiger partial charge in [0.15, 0.2) is 0 Å². The van der Waals surface area contributed by atoms with Gasteiger partial charge in [-0.25, -0.2) is 0 Å². The maximum atomic E-state index is 14.3. The number of halogens is 4. The van der Waals surface area contributed by atoms with Crippen molar-refractivity contribution >= 4 is 11.6 Å². The molecule has 5 rings (SSSR count). The molecule has 1 fully saturated rings. The molecule has 1 aromatic heterocycles. The van der Waals surface area contributed by atoms with Gasteiger partial charge in [0.1, 0.15) is 5.82 Å². The molecule has 0 saturated carbocycles. The molecule has 9 heteroatoms. The van der Waals surface area contributed by atoms with Crippen LogP contribution in [0.4, 0.5) is 13.2 Å². The number of allylic oxidation sites excluding steroid dienone is 1. The van der Waals surface area contributed by atoms with Crippen molar-refractivity contribution in [3.05, 3.63) is 99.9 Å². The Morgan fingerprint density at radius 1 is 1.15 bits per heavy atom. The van der Waals surface area contributed by atoms with Crippen molar-refractivity contribution in [2.45, 2.75) is 57.5 Å². The van der Waals surface area contributed by atoms with Crippen LogP contribution in [0.5, 0.6) is 0 Å². The van der Waals surface area contributed by atoms with Gasteiger partial charge in [-0.3, -0.25) is 4.57 Å². The Morgan fingerprint density at radius 3 is 2.59 bits per heavy atom. The van der Waals surface area contributed by atoms with E-state index in [1.54, 1.807) is 18.2 Å². The molecule has 3 heterocycles. The van der Waals surface area contributed by atoms with Crippen LogP contribution in [0.15, 0.2) is 61.0 Å². The highest BCUT2D eigenvalue weighted by Crippen LogP contribution is 2.47. The maximum Gasteiger partial charge on any atom is 0.452 e. The fourth-order valence-electron chi connectivity index (χ4n) is 6.20. The van der Waals surface area contributed by atoms with Crippen molar-refractivity contribution < 1.29 is 13.2 Å². The number of aromatic nitrogens is 3. The van der Waals surface area contributed by atoms with Crippen LogP contribution in [-0.2, 0) is 12.6 Å². The lowest BCUT2D eigenvalue weighted by Gasteiger charge is -2.27. The Bertz CT molecular complexity index is 1430. The summed E-state index contributed by atoms with van der Waals surface area (Å²) < 4.78 is 44.0. The Kier molecular flexibility index (Phi) is 7.27. The highest BCUT2D eigenvalue weighted by atomic mass is 35.5. The van der Waals surface area contributed by atoms with Crippen LogP contribution in [0, 0.1) is 12.8 Å². The minimum atomic E-state index is -4.68. The zero-order valence-corrected chi connectivity index (χ0v) is 23.0. The summed E-state index contributed by atoms with van der Waals surface area (Å²) in [5.74, 6) is -1.12. The lowest BCUT2D eigenvalue weighted by atomic mass is 9.79. The van der Waals surface area contributed by atoms with Crippen molar-refractivity contribution in [3.8, 4) is 5.69 Å². The maximum absolute atomic E-state index is 14.3. The van der Waals surface area contributed by atoms with E-state index in [-0.39, 0.29) is 23.6 Å². The van der Waals surface area contributed by atoms with E-state index in [1.807, 2.05) is 6.07 Å². The summed E-state index contributed by atoms with van der Waals surface area (Å²) in [4.78, 5) is 2.17. The van der Waals surface area contributed by atoms with Gasteiger partial charge >= 0.3 is 6.18 Å². The minimum absolute atomic E-state index is 0.176. The average molecular weight is 556 g/mol. The second-order valence-electron chi connectivity index (χ2n) is 10.7. The van der Waals surface area contributed by atoms with Gasteiger partial charge < -0.3 is 10.6 Å². The summed E-state index contributed by atoms with van der Waals surface area (Å²) in [7, 11) is 0. The summed E-state index contributed by atoms with van der Waals surface area (Å²) >= 11 is 6.46. The van der Waals surface area contributed by atoms with Crippen molar-refractivity contribution in [2.75, 3.05) is 13.1 Å². The molecular weight excluding hydrogens is 523 g/mol. The third-order valence-corrected chi connectivity index (χ3v) is 8.55. The van der Waals surface area contributed by atoms with Gasteiger partial charge in [-0.05, 0) is 73.1 Å². The van der Waals surface area contributed by atoms with Crippen LogP contribution >= 0.6 is 11.6 Å². The zero-order valence-electron chi connectivity index (χ0n) is 22.2. The van der Waals surface area contributed by atoms with E-state index in [4.69, 9.17) is 17.3 Å². The largest absolute Gasteiger partial charge is 0.452 e. The number of alkyl halides is 3. The quantitative estimate of drug-likeness (QED) is 0.351. The first kappa shape index (κ1) is 27.3. The molecule has 2 aliphatic heterocycles. The first-order valence-corrected chi connectivity index (χ1v) is 13.6. The molecular formula is C30H33ClF3N5. The summed E-state index contributed by atoms with van der Waals surface area (Å²) in [6.45, 7) is 13.9. The predicted molar refractivity (Wildman–Crippen MR) is 148 cm³/mol. The number of fused-ring (bicyclic) bond motifs is 3. The molecule has 2 aromatic carbocycles. The number of hydrogen-bond donors (Lipinski definition) is 1. The zero-order chi connectivity index (χ0) is 28.1. The molecule has 0 radical (unpaired) electrons. The number of rotatable bonds is 6. The second kappa shape index (κ2) is 10.4. The smallest absolute Gasteiger partial charge is 0.402 e. The van der Waals surface area contributed by atoms with Gasteiger partial charge in [0, 0.05) is 47.3 Å². The minimum Gasteiger partial charge on any atom is -0.402 e. The molecule has 0 aliphatic carbocycles. The number of likely N-dealkylation sites (tertiary alicyclic amines) is 1. The molecule has 0 spiro atoms. The molecule has 1 saturated heterocycles. The summed E-state index contributed by atoms with van der Waals surface area (Å²) in [6.07, 6.45) is -1.95. The van der Waals surface area contributed by atoms with Gasteiger partial charge in [0.2, 0.25) is 5.82 Å². The molecule has 5 nitrogen and oxygen atoms in total. The van der Waals surface area contributed by atoms with Crippen molar-refractivity contribution in [2.24, 2.45) is 11.7 Å². The van der Waals surface area contributed by atoms with Gasteiger partial charge in [0.25, 0.3) is 0 Å². The number of nitrogens with zero attached hydrogens (tertiary/aromatic N) is 4. The van der Waals surface area contributed by atoms with Crippen molar-refractivity contribution in [1.29, 1.82) is 0 Å². The van der Waals surface area contributed by atoms with Crippen molar-refractivity contribution in [3.63, 3.8) is 0 Å². The molecule has 2 unspecified atom stereocenters. The van der Waals surface area contributed by atoms with Crippen LogP contribution in [0.1, 0.15) is 71.9 Å². The number of benzene rings is 2. The third kappa shape index (κ3) is 5.07. The van der Waals surface area contributed by atoms with Gasteiger partial charge in [-0.1, -0.05) is 49.9 Å². The standard InChI is InChI=1S/C30H33ClF3N5/c1-5-20-7-6-8-24(18(20)3)25-14-22(13-17(2)38-12-11-21(16-38)19(4)35)28-36-37-29(30(32,33)34)39(28)27-10-9-23(31)15-26(25)27/h6-10,15,21-22,25H,2,4-5,11-14,16,35H2,1,3H3/t21?,22-,25?/m0/s1. The van der Waals surface area contributed by atoms with E-state index < -0.39 is 12.0 Å². The fraction of sp³-hybridized carbons (Fsp3) is 0.400. The number of hydrogen-bond acceptors (Lipinski definition) is 4. The number of aryl methyl sites for hydroxylation is 1. The highest BCUT2D eigenvalue weighted by Gasteiger charge is 2.43. The highest BCUT2D eigenvalue weighted by molar-refractivity contribution is 6.30. The molecule has 206 valence electrons. The van der Waals surface area contributed by atoms with Gasteiger partial charge in [-0.15, -0.1) is 10.2 Å². The average Bonchev–Trinajstić information content (AvgIpc) is 3.53. The van der Waals surface area contributed by atoms with Gasteiger partial charge in [-0.2, -0.15) is 13.2 Å². The molecule has 3 aromatic rings.